The molecule has 18 nitrogen and oxygen atoms in total. The molecule has 264 valence electrons. The predicted octanol–water partition coefficient (Wildman–Crippen LogP) is -6.13. The van der Waals surface area contributed by atoms with Crippen molar-refractivity contribution in [2.24, 2.45) is 11.8 Å². The minimum atomic E-state index is -1.93. The Morgan fingerprint density at radius 1 is 0.533 bits per heavy atom. The molecule has 1 unspecified atom stereocenters. The lowest BCUT2D eigenvalue weighted by atomic mass is 9.89. The van der Waals surface area contributed by atoms with Crippen LogP contribution in [0.15, 0.2) is 0 Å². The molecule has 4 fully saturated rings. The summed E-state index contributed by atoms with van der Waals surface area (Å²) < 4.78 is 40.4. The summed E-state index contributed by atoms with van der Waals surface area (Å²) in [6, 6.07) is 0. The van der Waals surface area contributed by atoms with E-state index in [1.807, 2.05) is 0 Å². The highest BCUT2D eigenvalue weighted by Crippen LogP contribution is 2.36. The average Bonchev–Trinajstić information content (AvgIpc) is 3.01. The van der Waals surface area contributed by atoms with Gasteiger partial charge in [-0.1, -0.05) is 20.8 Å². The molecule has 0 aromatic rings. The van der Waals surface area contributed by atoms with E-state index in [4.69, 9.17) is 33.2 Å². The Hall–Kier alpha value is -0.720. The third kappa shape index (κ3) is 7.64. The maximum absolute atomic E-state index is 11.2. The van der Waals surface area contributed by atoms with Crippen LogP contribution < -0.4 is 0 Å². The first kappa shape index (κ1) is 37.1. The molecular formula is C27H48O18. The van der Waals surface area contributed by atoms with Crippen molar-refractivity contribution < 1.29 is 89.3 Å². The summed E-state index contributed by atoms with van der Waals surface area (Å²) in [7, 11) is 0. The zero-order chi connectivity index (χ0) is 33.3. The highest BCUT2D eigenvalue weighted by Gasteiger charge is 2.56. The summed E-state index contributed by atoms with van der Waals surface area (Å²) in [5.41, 5.74) is 0. The minimum Gasteiger partial charge on any atom is -0.394 e. The fraction of sp³-hybridized carbons (Fsp3) is 1.00. The van der Waals surface area contributed by atoms with Crippen LogP contribution in [-0.2, 0) is 33.2 Å². The highest BCUT2D eigenvalue weighted by molar-refractivity contribution is 4.99. The average molecular weight is 661 g/mol. The van der Waals surface area contributed by atoms with E-state index >= 15 is 0 Å². The summed E-state index contributed by atoms with van der Waals surface area (Å²) in [5, 5.41) is 115. The zero-order valence-corrected chi connectivity index (χ0v) is 25.2. The minimum absolute atomic E-state index is 0.0531. The molecule has 0 radical (unpaired) electrons. The molecule has 18 heteroatoms. The second-order valence-corrected chi connectivity index (χ2v) is 12.4. The van der Waals surface area contributed by atoms with Crippen molar-refractivity contribution in [2.75, 3.05) is 26.4 Å². The fourth-order valence-corrected chi connectivity index (χ4v) is 5.99. The van der Waals surface area contributed by atoms with Crippen LogP contribution in [0.1, 0.15) is 20.8 Å². The Labute approximate surface area is 259 Å². The molecule has 19 atom stereocenters. The maximum atomic E-state index is 11.2. The third-order valence-electron chi connectivity index (χ3n) is 8.81. The first-order chi connectivity index (χ1) is 21.2. The standard InChI is InChI=1S/C27H48O18/c1-8(2)21-17(35)18(36)22(12(6-30)40-21)43-27-24(45-26-20(38)16(34)14(32)10(4-28)41-26)23(15(33)11(5-29)42-27)44-25-19(37)13(31)9(3)7-39-25/h8-38H,4-7H2,1-3H3/t9-,10-,11-,12-,13+,14-,15-,16+,17-,18-,19-,20-,21+,22+,23+,24-,25?,26+,27-/m1/s1. The van der Waals surface area contributed by atoms with E-state index in [0.29, 0.717) is 0 Å². The molecule has 0 aromatic carbocycles. The van der Waals surface area contributed by atoms with Gasteiger partial charge in [-0.25, -0.2) is 0 Å². The van der Waals surface area contributed by atoms with E-state index in [1.165, 1.54) is 0 Å². The van der Waals surface area contributed by atoms with Gasteiger partial charge in [-0.3, -0.25) is 0 Å². The highest BCUT2D eigenvalue weighted by atomic mass is 16.8. The van der Waals surface area contributed by atoms with Crippen molar-refractivity contribution in [3.63, 3.8) is 0 Å². The van der Waals surface area contributed by atoms with Gasteiger partial charge in [0.25, 0.3) is 0 Å². The molecule has 0 amide bonds. The summed E-state index contributed by atoms with van der Waals surface area (Å²) in [6.07, 6.45) is -28.3. The molecule has 4 aliphatic heterocycles. The lowest BCUT2D eigenvalue weighted by Gasteiger charge is -2.50. The van der Waals surface area contributed by atoms with Crippen molar-refractivity contribution in [1.29, 1.82) is 0 Å². The van der Waals surface area contributed by atoms with Gasteiger partial charge < -0.3 is 89.3 Å². The number of ether oxygens (including phenoxy) is 7. The van der Waals surface area contributed by atoms with Crippen LogP contribution in [0.4, 0.5) is 0 Å². The van der Waals surface area contributed by atoms with Gasteiger partial charge in [-0.15, -0.1) is 0 Å². The molecule has 0 bridgehead atoms. The number of hydrogen-bond acceptors (Lipinski definition) is 18. The summed E-state index contributed by atoms with van der Waals surface area (Å²) in [4.78, 5) is 0. The van der Waals surface area contributed by atoms with E-state index in [1.54, 1.807) is 20.8 Å². The second-order valence-electron chi connectivity index (χ2n) is 12.4. The molecule has 0 aromatic heterocycles. The van der Waals surface area contributed by atoms with Gasteiger partial charge in [0.05, 0.1) is 38.6 Å². The number of rotatable bonds is 10. The van der Waals surface area contributed by atoms with Crippen LogP contribution in [0.2, 0.25) is 0 Å². The first-order valence-corrected chi connectivity index (χ1v) is 15.1. The Bertz CT molecular complexity index is 911. The molecule has 4 saturated heterocycles. The van der Waals surface area contributed by atoms with Crippen LogP contribution in [0.5, 0.6) is 0 Å². The fourth-order valence-electron chi connectivity index (χ4n) is 5.99. The predicted molar refractivity (Wildman–Crippen MR) is 144 cm³/mol. The Morgan fingerprint density at radius 3 is 1.67 bits per heavy atom. The quantitative estimate of drug-likeness (QED) is 0.104. The van der Waals surface area contributed by atoms with Crippen molar-refractivity contribution in [3.8, 4) is 0 Å². The van der Waals surface area contributed by atoms with Crippen LogP contribution in [0.25, 0.3) is 0 Å². The van der Waals surface area contributed by atoms with Crippen LogP contribution in [0, 0.1) is 11.8 Å². The molecule has 45 heavy (non-hydrogen) atoms. The van der Waals surface area contributed by atoms with Crippen molar-refractivity contribution >= 4 is 0 Å². The van der Waals surface area contributed by atoms with Crippen molar-refractivity contribution in [2.45, 2.75) is 131 Å². The maximum Gasteiger partial charge on any atom is 0.187 e. The summed E-state index contributed by atoms with van der Waals surface area (Å²) in [6.45, 7) is 2.76. The third-order valence-corrected chi connectivity index (χ3v) is 8.81. The van der Waals surface area contributed by atoms with Crippen LogP contribution in [-0.4, -0.2) is 193 Å². The number of aliphatic hydroxyl groups is 11. The van der Waals surface area contributed by atoms with Gasteiger partial charge >= 0.3 is 0 Å². The number of aliphatic hydroxyl groups excluding tert-OH is 11. The lowest BCUT2D eigenvalue weighted by molar-refractivity contribution is -0.399. The van der Waals surface area contributed by atoms with Crippen LogP contribution >= 0.6 is 0 Å². The summed E-state index contributed by atoms with van der Waals surface area (Å²) in [5.74, 6) is -0.754. The summed E-state index contributed by atoms with van der Waals surface area (Å²) >= 11 is 0. The molecule has 0 aliphatic carbocycles. The Kier molecular flexibility index (Phi) is 12.9. The second kappa shape index (κ2) is 15.7. The molecular weight excluding hydrogens is 612 g/mol. The zero-order valence-electron chi connectivity index (χ0n) is 25.2. The van der Waals surface area contributed by atoms with E-state index in [2.05, 4.69) is 0 Å². The Balaban J connectivity index is 1.68. The van der Waals surface area contributed by atoms with Gasteiger partial charge in [0.1, 0.15) is 79.4 Å². The first-order valence-electron chi connectivity index (χ1n) is 15.1. The van der Waals surface area contributed by atoms with Crippen LogP contribution in [0.3, 0.4) is 0 Å². The van der Waals surface area contributed by atoms with E-state index in [-0.39, 0.29) is 12.5 Å². The molecule has 4 heterocycles. The lowest BCUT2D eigenvalue weighted by Crippen LogP contribution is -2.68. The van der Waals surface area contributed by atoms with Gasteiger partial charge in [-0.05, 0) is 5.92 Å². The van der Waals surface area contributed by atoms with Gasteiger partial charge in [0.15, 0.2) is 18.9 Å². The van der Waals surface area contributed by atoms with E-state index < -0.39 is 136 Å². The normalized spacial score (nSPS) is 51.4. The monoisotopic (exact) mass is 660 g/mol. The van der Waals surface area contributed by atoms with Crippen molar-refractivity contribution in [3.05, 3.63) is 0 Å². The van der Waals surface area contributed by atoms with Gasteiger partial charge in [-0.2, -0.15) is 0 Å². The smallest absolute Gasteiger partial charge is 0.187 e. The molecule has 11 N–H and O–H groups in total. The molecule has 4 rings (SSSR count). The topological polar surface area (TPSA) is 287 Å². The van der Waals surface area contributed by atoms with E-state index in [9.17, 15) is 56.2 Å². The Morgan fingerprint density at radius 2 is 1.07 bits per heavy atom. The van der Waals surface area contributed by atoms with E-state index in [0.717, 1.165) is 0 Å². The number of hydrogen-bond donors (Lipinski definition) is 11. The van der Waals surface area contributed by atoms with Gasteiger partial charge in [0.2, 0.25) is 0 Å². The van der Waals surface area contributed by atoms with Gasteiger partial charge in [0, 0.05) is 5.92 Å². The largest absolute Gasteiger partial charge is 0.394 e. The SMILES string of the molecule is CC(C)[C@@H]1O[C@H](CO)[C@H](O[C@H]2O[C@H](CO)[C@@H](O)[C@H](OC3OC[C@@H](C)[C@H](O)[C@H]3O)[C@H]2O[C@@H]2O[C@H](CO)[C@@H](O)[C@H](O)[C@H]2O)[C@H](O)[C@H]1O. The molecule has 0 spiro atoms. The molecule has 4 aliphatic rings. The molecule has 0 saturated carbocycles. The van der Waals surface area contributed by atoms with Crippen molar-refractivity contribution in [1.82, 2.24) is 0 Å².